The zero-order valence-electron chi connectivity index (χ0n) is 13.2. The number of methoxy groups -OCH3 is 1. The van der Waals surface area contributed by atoms with Crippen molar-refractivity contribution in [1.82, 2.24) is 4.90 Å². The van der Waals surface area contributed by atoms with Crippen molar-refractivity contribution in [3.8, 4) is 11.5 Å². The van der Waals surface area contributed by atoms with Gasteiger partial charge in [-0.05, 0) is 44.0 Å². The molecule has 0 fully saturated rings. The second-order valence-electron chi connectivity index (χ2n) is 5.21. The van der Waals surface area contributed by atoms with E-state index in [4.69, 9.17) is 15.2 Å². The molecule has 118 valence electrons. The zero-order chi connectivity index (χ0) is 15.7. The Morgan fingerprint density at radius 2 is 1.90 bits per heavy atom. The van der Waals surface area contributed by atoms with Crippen molar-refractivity contribution in [1.29, 1.82) is 0 Å². The molecule has 1 rings (SSSR count). The van der Waals surface area contributed by atoms with Crippen LogP contribution in [0.1, 0.15) is 26.2 Å². The highest BCUT2D eigenvalue weighted by Gasteiger charge is 2.08. The number of hydrogen-bond acceptors (Lipinski definition) is 4. The molecular weight excluding hydrogens is 268 g/mol. The van der Waals surface area contributed by atoms with Crippen molar-refractivity contribution < 1.29 is 14.3 Å². The molecule has 1 unspecified atom stereocenters. The Labute approximate surface area is 127 Å². The lowest BCUT2D eigenvalue weighted by Crippen LogP contribution is -2.31. The topological polar surface area (TPSA) is 64.8 Å². The molecule has 5 nitrogen and oxygen atoms in total. The van der Waals surface area contributed by atoms with Crippen molar-refractivity contribution in [2.24, 2.45) is 5.73 Å². The molecule has 21 heavy (non-hydrogen) atoms. The average molecular weight is 294 g/mol. The van der Waals surface area contributed by atoms with Crippen molar-refractivity contribution in [2.45, 2.75) is 32.2 Å². The lowest BCUT2D eigenvalue weighted by Gasteiger charge is -2.17. The SMILES string of the molecule is COc1ccc(OCCN(C)C(=O)CCCC(C)N)cc1. The van der Waals surface area contributed by atoms with Crippen molar-refractivity contribution in [2.75, 3.05) is 27.3 Å². The van der Waals surface area contributed by atoms with E-state index in [1.807, 2.05) is 31.2 Å². The van der Waals surface area contributed by atoms with Crippen molar-refractivity contribution >= 4 is 5.91 Å². The van der Waals surface area contributed by atoms with Crippen LogP contribution in [0, 0.1) is 0 Å². The van der Waals surface area contributed by atoms with E-state index < -0.39 is 0 Å². The maximum absolute atomic E-state index is 11.9. The van der Waals surface area contributed by atoms with E-state index >= 15 is 0 Å². The summed E-state index contributed by atoms with van der Waals surface area (Å²) in [6.07, 6.45) is 2.25. The van der Waals surface area contributed by atoms with Crippen LogP contribution in [0.15, 0.2) is 24.3 Å². The Kier molecular flexibility index (Phi) is 7.61. The minimum Gasteiger partial charge on any atom is -0.497 e. The number of benzene rings is 1. The van der Waals surface area contributed by atoms with Gasteiger partial charge in [-0.1, -0.05) is 0 Å². The third-order valence-electron chi connectivity index (χ3n) is 3.23. The second-order valence-corrected chi connectivity index (χ2v) is 5.21. The quantitative estimate of drug-likeness (QED) is 0.757. The first-order chi connectivity index (χ1) is 10.0. The minimum atomic E-state index is 0.133. The van der Waals surface area contributed by atoms with Crippen LogP contribution in [-0.4, -0.2) is 44.2 Å². The molecule has 0 aliphatic carbocycles. The Hall–Kier alpha value is -1.75. The molecular formula is C16H26N2O3. The number of hydrogen-bond donors (Lipinski definition) is 1. The van der Waals surface area contributed by atoms with E-state index in [-0.39, 0.29) is 11.9 Å². The highest BCUT2D eigenvalue weighted by molar-refractivity contribution is 5.75. The van der Waals surface area contributed by atoms with E-state index in [0.29, 0.717) is 19.6 Å². The van der Waals surface area contributed by atoms with Crippen LogP contribution in [0.4, 0.5) is 0 Å². The Morgan fingerprint density at radius 1 is 1.29 bits per heavy atom. The second kappa shape index (κ2) is 9.23. The number of nitrogens with two attached hydrogens (primary N) is 1. The van der Waals surface area contributed by atoms with Crippen LogP contribution >= 0.6 is 0 Å². The zero-order valence-corrected chi connectivity index (χ0v) is 13.2. The fraction of sp³-hybridized carbons (Fsp3) is 0.562. The van der Waals surface area contributed by atoms with Crippen molar-refractivity contribution in [3.63, 3.8) is 0 Å². The van der Waals surface area contributed by atoms with Crippen LogP contribution in [0.25, 0.3) is 0 Å². The molecule has 1 atom stereocenters. The van der Waals surface area contributed by atoms with E-state index in [9.17, 15) is 4.79 Å². The van der Waals surface area contributed by atoms with E-state index in [1.165, 1.54) is 0 Å². The molecule has 0 heterocycles. The third kappa shape index (κ3) is 6.99. The summed E-state index contributed by atoms with van der Waals surface area (Å²) < 4.78 is 10.7. The monoisotopic (exact) mass is 294 g/mol. The molecule has 0 aliphatic heterocycles. The number of likely N-dealkylation sites (N-methyl/N-ethyl adjacent to an activating group) is 1. The molecule has 0 spiro atoms. The fourth-order valence-corrected chi connectivity index (χ4v) is 1.86. The van der Waals surface area contributed by atoms with Gasteiger partial charge < -0.3 is 20.1 Å². The smallest absolute Gasteiger partial charge is 0.222 e. The molecule has 0 bridgehead atoms. The van der Waals surface area contributed by atoms with Gasteiger partial charge in [0.15, 0.2) is 0 Å². The standard InChI is InChI=1S/C16H26N2O3/c1-13(17)5-4-6-16(19)18(2)11-12-21-15-9-7-14(20-3)8-10-15/h7-10,13H,4-6,11-12,17H2,1-3H3. The first kappa shape index (κ1) is 17.3. The first-order valence-corrected chi connectivity index (χ1v) is 7.29. The van der Waals surface area contributed by atoms with Gasteiger partial charge in [-0.2, -0.15) is 0 Å². The molecule has 5 heteroatoms. The van der Waals surface area contributed by atoms with Gasteiger partial charge in [0.1, 0.15) is 18.1 Å². The number of carbonyl (C=O) groups is 1. The Morgan fingerprint density at radius 3 is 2.48 bits per heavy atom. The normalized spacial score (nSPS) is 11.8. The van der Waals surface area contributed by atoms with Crippen LogP contribution in [0.5, 0.6) is 11.5 Å². The lowest BCUT2D eigenvalue weighted by molar-refractivity contribution is -0.130. The van der Waals surface area contributed by atoms with Crippen molar-refractivity contribution in [3.05, 3.63) is 24.3 Å². The van der Waals surface area contributed by atoms with E-state index in [1.54, 1.807) is 19.1 Å². The van der Waals surface area contributed by atoms with Gasteiger partial charge in [0, 0.05) is 19.5 Å². The van der Waals surface area contributed by atoms with Gasteiger partial charge in [-0.25, -0.2) is 0 Å². The fourth-order valence-electron chi connectivity index (χ4n) is 1.86. The maximum Gasteiger partial charge on any atom is 0.222 e. The first-order valence-electron chi connectivity index (χ1n) is 7.29. The van der Waals surface area contributed by atoms with Gasteiger partial charge >= 0.3 is 0 Å². The third-order valence-corrected chi connectivity index (χ3v) is 3.23. The number of amides is 1. The van der Waals surface area contributed by atoms with Crippen LogP contribution in [0.3, 0.4) is 0 Å². The molecule has 1 aromatic rings. The Bertz CT molecular complexity index is 418. The number of carbonyl (C=O) groups excluding carboxylic acids is 1. The molecule has 0 saturated carbocycles. The molecule has 1 aromatic carbocycles. The summed E-state index contributed by atoms with van der Waals surface area (Å²) >= 11 is 0. The van der Waals surface area contributed by atoms with Gasteiger partial charge in [0.05, 0.1) is 13.7 Å². The predicted molar refractivity (Wildman–Crippen MR) is 83.6 cm³/mol. The molecule has 1 amide bonds. The highest BCUT2D eigenvalue weighted by atomic mass is 16.5. The van der Waals surface area contributed by atoms with Crippen LogP contribution in [0.2, 0.25) is 0 Å². The lowest BCUT2D eigenvalue weighted by atomic mass is 10.1. The molecule has 2 N–H and O–H groups in total. The number of nitrogens with zero attached hydrogens (tertiary/aromatic N) is 1. The summed E-state index contributed by atoms with van der Waals surface area (Å²) in [5.74, 6) is 1.70. The van der Waals surface area contributed by atoms with E-state index in [2.05, 4.69) is 0 Å². The molecule has 0 radical (unpaired) electrons. The predicted octanol–water partition coefficient (Wildman–Crippen LogP) is 2.05. The average Bonchev–Trinajstić information content (AvgIpc) is 2.47. The maximum atomic E-state index is 11.9. The number of rotatable bonds is 9. The highest BCUT2D eigenvalue weighted by Crippen LogP contribution is 2.16. The van der Waals surface area contributed by atoms with Gasteiger partial charge in [-0.3, -0.25) is 4.79 Å². The summed E-state index contributed by atoms with van der Waals surface area (Å²) in [6, 6.07) is 7.55. The summed E-state index contributed by atoms with van der Waals surface area (Å²) in [7, 11) is 3.42. The molecule has 0 aliphatic rings. The number of ether oxygens (including phenoxy) is 2. The van der Waals surface area contributed by atoms with Gasteiger partial charge in [0.2, 0.25) is 5.91 Å². The summed E-state index contributed by atoms with van der Waals surface area (Å²) in [5.41, 5.74) is 5.67. The minimum absolute atomic E-state index is 0.133. The van der Waals surface area contributed by atoms with Gasteiger partial charge in [-0.15, -0.1) is 0 Å². The Balaban J connectivity index is 2.22. The molecule has 0 saturated heterocycles. The van der Waals surface area contributed by atoms with Crippen LogP contribution in [-0.2, 0) is 4.79 Å². The van der Waals surface area contributed by atoms with Gasteiger partial charge in [0.25, 0.3) is 0 Å². The summed E-state index contributed by atoms with van der Waals surface area (Å²) in [4.78, 5) is 13.6. The summed E-state index contributed by atoms with van der Waals surface area (Å²) in [5, 5.41) is 0. The molecule has 0 aromatic heterocycles. The van der Waals surface area contributed by atoms with E-state index in [0.717, 1.165) is 24.3 Å². The van der Waals surface area contributed by atoms with Crippen LogP contribution < -0.4 is 15.2 Å². The largest absolute Gasteiger partial charge is 0.497 e. The summed E-state index contributed by atoms with van der Waals surface area (Å²) in [6.45, 7) is 3.00.